The van der Waals surface area contributed by atoms with Gasteiger partial charge < -0.3 is 5.32 Å². The normalized spacial score (nSPS) is 32.0. The van der Waals surface area contributed by atoms with Gasteiger partial charge in [-0.25, -0.2) is 0 Å². The van der Waals surface area contributed by atoms with Crippen molar-refractivity contribution in [2.24, 2.45) is 5.92 Å². The second-order valence-corrected chi connectivity index (χ2v) is 5.93. The summed E-state index contributed by atoms with van der Waals surface area (Å²) in [7, 11) is 0. The van der Waals surface area contributed by atoms with Gasteiger partial charge in [-0.15, -0.1) is 11.8 Å². The van der Waals surface area contributed by atoms with Crippen LogP contribution in [0.5, 0.6) is 0 Å². The number of rotatable bonds is 3. The molecule has 3 nitrogen and oxygen atoms in total. The molecule has 2 aliphatic heterocycles. The Morgan fingerprint density at radius 3 is 3.00 bits per heavy atom. The zero-order chi connectivity index (χ0) is 9.80. The lowest BCUT2D eigenvalue weighted by Gasteiger charge is -2.13. The van der Waals surface area contributed by atoms with E-state index in [1.54, 1.807) is 11.8 Å². The van der Waals surface area contributed by atoms with Gasteiger partial charge in [-0.1, -0.05) is 0 Å². The molecule has 5 heteroatoms. The molecule has 2 aliphatic rings. The first-order chi connectivity index (χ1) is 6.86. The summed E-state index contributed by atoms with van der Waals surface area (Å²) < 4.78 is 0. The van der Waals surface area contributed by atoms with Gasteiger partial charge in [-0.2, -0.15) is 11.8 Å². The molecule has 2 unspecified atom stereocenters. The molecular formula is C9H16N2OS2. The van der Waals surface area contributed by atoms with Crippen molar-refractivity contribution in [2.45, 2.75) is 12.5 Å². The predicted octanol–water partition coefficient (Wildman–Crippen LogP) is 0.518. The summed E-state index contributed by atoms with van der Waals surface area (Å²) in [6.45, 7) is 0.870. The number of carbonyl (C=O) groups is 1. The maximum Gasteiger partial charge on any atom is 0.238 e. The van der Waals surface area contributed by atoms with Crippen molar-refractivity contribution < 1.29 is 4.79 Å². The van der Waals surface area contributed by atoms with Gasteiger partial charge in [0, 0.05) is 18.2 Å². The molecule has 0 aromatic carbocycles. The Morgan fingerprint density at radius 2 is 2.36 bits per heavy atom. The SMILES string of the molecule is O=C(NCC1CCSC1)C1CSCN1. The molecule has 80 valence electrons. The lowest BCUT2D eigenvalue weighted by Crippen LogP contribution is -2.43. The van der Waals surface area contributed by atoms with Crippen LogP contribution in [0, 0.1) is 5.92 Å². The molecule has 2 atom stereocenters. The first kappa shape index (κ1) is 10.6. The summed E-state index contributed by atoms with van der Waals surface area (Å²) in [4.78, 5) is 11.6. The van der Waals surface area contributed by atoms with E-state index in [4.69, 9.17) is 0 Å². The van der Waals surface area contributed by atoms with E-state index < -0.39 is 0 Å². The third kappa shape index (κ3) is 2.81. The molecule has 0 saturated carbocycles. The fraction of sp³-hybridized carbons (Fsp3) is 0.889. The maximum atomic E-state index is 11.6. The molecule has 2 N–H and O–H groups in total. The Kier molecular flexibility index (Phi) is 4.01. The number of amides is 1. The standard InChI is InChI=1S/C9H16N2OS2/c12-9(8-5-14-6-11-8)10-3-7-1-2-13-4-7/h7-8,11H,1-6H2,(H,10,12). The Hall–Kier alpha value is 0.130. The molecular weight excluding hydrogens is 216 g/mol. The van der Waals surface area contributed by atoms with Crippen molar-refractivity contribution >= 4 is 29.4 Å². The lowest BCUT2D eigenvalue weighted by molar-refractivity contribution is -0.122. The van der Waals surface area contributed by atoms with E-state index in [0.29, 0.717) is 5.92 Å². The summed E-state index contributed by atoms with van der Waals surface area (Å²) in [5.41, 5.74) is 0. The highest BCUT2D eigenvalue weighted by atomic mass is 32.2. The number of carbonyl (C=O) groups excluding carboxylic acids is 1. The van der Waals surface area contributed by atoms with Crippen molar-refractivity contribution in [3.8, 4) is 0 Å². The summed E-state index contributed by atoms with van der Waals surface area (Å²) >= 11 is 3.79. The Bertz CT molecular complexity index is 201. The minimum absolute atomic E-state index is 0.0501. The molecule has 1 amide bonds. The Morgan fingerprint density at radius 1 is 1.43 bits per heavy atom. The quantitative estimate of drug-likeness (QED) is 0.744. The summed E-state index contributed by atoms with van der Waals surface area (Å²) in [5, 5.41) is 6.22. The molecule has 0 bridgehead atoms. The van der Waals surface area contributed by atoms with Crippen LogP contribution >= 0.6 is 23.5 Å². The zero-order valence-corrected chi connectivity index (χ0v) is 9.76. The minimum atomic E-state index is 0.0501. The van der Waals surface area contributed by atoms with E-state index in [2.05, 4.69) is 10.6 Å². The number of nitrogens with one attached hydrogen (secondary N) is 2. The van der Waals surface area contributed by atoms with Gasteiger partial charge in [-0.05, 0) is 23.8 Å². The Labute approximate surface area is 93.2 Å². The van der Waals surface area contributed by atoms with E-state index in [1.165, 1.54) is 17.9 Å². The minimum Gasteiger partial charge on any atom is -0.354 e. The highest BCUT2D eigenvalue weighted by Gasteiger charge is 2.23. The van der Waals surface area contributed by atoms with E-state index in [1.807, 2.05) is 11.8 Å². The Balaban J connectivity index is 1.66. The van der Waals surface area contributed by atoms with E-state index in [9.17, 15) is 4.79 Å². The third-order valence-corrected chi connectivity index (χ3v) is 4.79. The van der Waals surface area contributed by atoms with Crippen molar-refractivity contribution in [1.82, 2.24) is 10.6 Å². The van der Waals surface area contributed by atoms with Crippen LogP contribution in [0.4, 0.5) is 0 Å². The fourth-order valence-electron chi connectivity index (χ4n) is 1.68. The molecule has 14 heavy (non-hydrogen) atoms. The number of hydrogen-bond donors (Lipinski definition) is 2. The summed E-state index contributed by atoms with van der Waals surface area (Å²) in [6, 6.07) is 0.0501. The zero-order valence-electron chi connectivity index (χ0n) is 8.12. The highest BCUT2D eigenvalue weighted by molar-refractivity contribution is 7.99. The first-order valence-corrected chi connectivity index (χ1v) is 7.34. The molecule has 0 aliphatic carbocycles. The van der Waals surface area contributed by atoms with Crippen LogP contribution < -0.4 is 10.6 Å². The van der Waals surface area contributed by atoms with Gasteiger partial charge in [0.05, 0.1) is 6.04 Å². The van der Waals surface area contributed by atoms with E-state index in [0.717, 1.165) is 18.2 Å². The van der Waals surface area contributed by atoms with Crippen LogP contribution in [0.3, 0.4) is 0 Å². The van der Waals surface area contributed by atoms with Crippen molar-refractivity contribution in [2.75, 3.05) is 29.7 Å². The number of thioether (sulfide) groups is 2. The van der Waals surface area contributed by atoms with Gasteiger partial charge >= 0.3 is 0 Å². The van der Waals surface area contributed by atoms with Gasteiger partial charge in [0.15, 0.2) is 0 Å². The van der Waals surface area contributed by atoms with Crippen molar-refractivity contribution in [3.05, 3.63) is 0 Å². The maximum absolute atomic E-state index is 11.6. The lowest BCUT2D eigenvalue weighted by atomic mass is 10.1. The molecule has 0 aromatic heterocycles. The first-order valence-electron chi connectivity index (χ1n) is 5.03. The largest absolute Gasteiger partial charge is 0.354 e. The van der Waals surface area contributed by atoms with E-state index >= 15 is 0 Å². The van der Waals surface area contributed by atoms with Crippen LogP contribution in [0.1, 0.15) is 6.42 Å². The molecule has 2 saturated heterocycles. The second-order valence-electron chi connectivity index (χ2n) is 3.75. The third-order valence-electron chi connectivity index (χ3n) is 2.62. The molecule has 0 radical (unpaired) electrons. The molecule has 2 rings (SSSR count). The predicted molar refractivity (Wildman–Crippen MR) is 62.7 cm³/mol. The molecule has 2 fully saturated rings. The average molecular weight is 232 g/mol. The topological polar surface area (TPSA) is 41.1 Å². The molecule has 0 spiro atoms. The molecule has 0 aromatic rings. The van der Waals surface area contributed by atoms with Crippen molar-refractivity contribution in [1.29, 1.82) is 0 Å². The van der Waals surface area contributed by atoms with Gasteiger partial charge in [0.2, 0.25) is 5.91 Å². The van der Waals surface area contributed by atoms with Crippen LogP contribution in [-0.4, -0.2) is 41.6 Å². The number of hydrogen-bond acceptors (Lipinski definition) is 4. The highest BCUT2D eigenvalue weighted by Crippen LogP contribution is 2.22. The fourth-order valence-corrected chi connectivity index (χ4v) is 3.90. The van der Waals surface area contributed by atoms with Gasteiger partial charge in [0.25, 0.3) is 0 Å². The summed E-state index contributed by atoms with van der Waals surface area (Å²) in [6.07, 6.45) is 1.26. The average Bonchev–Trinajstić information content (AvgIpc) is 2.87. The van der Waals surface area contributed by atoms with Gasteiger partial charge in [0.1, 0.15) is 0 Å². The second kappa shape index (κ2) is 5.28. The summed E-state index contributed by atoms with van der Waals surface area (Å²) in [5.74, 6) is 5.21. The van der Waals surface area contributed by atoms with Crippen LogP contribution in [0.15, 0.2) is 0 Å². The van der Waals surface area contributed by atoms with Gasteiger partial charge in [-0.3, -0.25) is 10.1 Å². The van der Waals surface area contributed by atoms with E-state index in [-0.39, 0.29) is 11.9 Å². The van der Waals surface area contributed by atoms with Crippen LogP contribution in [-0.2, 0) is 4.79 Å². The van der Waals surface area contributed by atoms with Crippen LogP contribution in [0.25, 0.3) is 0 Å². The van der Waals surface area contributed by atoms with Crippen molar-refractivity contribution in [3.63, 3.8) is 0 Å². The smallest absolute Gasteiger partial charge is 0.238 e. The molecule has 2 heterocycles. The monoisotopic (exact) mass is 232 g/mol. The van der Waals surface area contributed by atoms with Crippen LogP contribution in [0.2, 0.25) is 0 Å².